The van der Waals surface area contributed by atoms with Crippen LogP contribution in [-0.2, 0) is 22.6 Å². The van der Waals surface area contributed by atoms with Crippen molar-refractivity contribution in [1.82, 2.24) is 10.2 Å². The minimum Gasteiger partial charge on any atom is -0.483 e. The lowest BCUT2D eigenvalue weighted by molar-refractivity contribution is -0.143. The molecular weight excluding hydrogens is 620 g/mol. The molecule has 0 radical (unpaired) electrons. The predicted octanol–water partition coefficient (Wildman–Crippen LogP) is 7.30. The van der Waals surface area contributed by atoms with Gasteiger partial charge in [-0.2, -0.15) is 0 Å². The first kappa shape index (κ1) is 28.8. The van der Waals surface area contributed by atoms with Crippen LogP contribution >= 0.6 is 31.9 Å². The summed E-state index contributed by atoms with van der Waals surface area (Å²) in [6, 6.07) is 28.7. The van der Waals surface area contributed by atoms with E-state index >= 15 is 0 Å². The first-order chi connectivity index (χ1) is 18.9. The Balaban J connectivity index is 1.64. The molecule has 0 heterocycles. The SMILES string of the molecule is CCC(C)NC(=O)C(Cc1ccccc1)N(Cc1cccc(Br)c1)C(=O)COc1ccc2ccccc2c1Br. The third-order valence-electron chi connectivity index (χ3n) is 6.69. The second-order valence-electron chi connectivity index (χ2n) is 9.56. The van der Waals surface area contributed by atoms with E-state index in [-0.39, 0.29) is 31.0 Å². The molecule has 0 spiro atoms. The van der Waals surface area contributed by atoms with Crippen molar-refractivity contribution in [2.45, 2.75) is 45.3 Å². The van der Waals surface area contributed by atoms with E-state index in [0.29, 0.717) is 12.2 Å². The first-order valence-electron chi connectivity index (χ1n) is 13.0. The number of rotatable bonds is 11. The van der Waals surface area contributed by atoms with Crippen LogP contribution in [0.2, 0.25) is 0 Å². The van der Waals surface area contributed by atoms with Gasteiger partial charge in [-0.15, -0.1) is 0 Å². The zero-order valence-electron chi connectivity index (χ0n) is 22.1. The van der Waals surface area contributed by atoms with Gasteiger partial charge in [-0.3, -0.25) is 9.59 Å². The molecule has 7 heteroatoms. The molecule has 0 saturated carbocycles. The zero-order valence-corrected chi connectivity index (χ0v) is 25.2. The Bertz CT molecular complexity index is 1430. The monoisotopic (exact) mass is 650 g/mol. The molecule has 39 heavy (non-hydrogen) atoms. The van der Waals surface area contributed by atoms with Gasteiger partial charge in [-0.25, -0.2) is 0 Å². The van der Waals surface area contributed by atoms with Crippen LogP contribution in [0.15, 0.2) is 99.9 Å². The van der Waals surface area contributed by atoms with Crippen LogP contribution in [0.4, 0.5) is 0 Å². The van der Waals surface area contributed by atoms with Crippen LogP contribution in [0.1, 0.15) is 31.4 Å². The molecular formula is C32H32Br2N2O3. The molecule has 4 aromatic rings. The quantitative estimate of drug-likeness (QED) is 0.185. The topological polar surface area (TPSA) is 58.6 Å². The summed E-state index contributed by atoms with van der Waals surface area (Å²) in [7, 11) is 0. The lowest BCUT2D eigenvalue weighted by atomic mass is 10.0. The van der Waals surface area contributed by atoms with Crippen LogP contribution in [-0.4, -0.2) is 35.4 Å². The minimum atomic E-state index is -0.712. The number of benzene rings is 4. The fourth-order valence-corrected chi connectivity index (χ4v) is 5.43. The Kier molecular flexibility index (Phi) is 10.2. The number of fused-ring (bicyclic) bond motifs is 1. The fourth-order valence-electron chi connectivity index (χ4n) is 4.37. The van der Waals surface area contributed by atoms with Crippen molar-refractivity contribution in [2.75, 3.05) is 6.61 Å². The summed E-state index contributed by atoms with van der Waals surface area (Å²) < 4.78 is 7.76. The molecule has 5 nitrogen and oxygen atoms in total. The molecule has 0 bridgehead atoms. The Hall–Kier alpha value is -3.16. The van der Waals surface area contributed by atoms with E-state index in [1.807, 2.05) is 105 Å². The van der Waals surface area contributed by atoms with Crippen LogP contribution < -0.4 is 10.1 Å². The molecule has 4 rings (SSSR count). The second-order valence-corrected chi connectivity index (χ2v) is 11.3. The Morgan fingerprint density at radius 2 is 1.62 bits per heavy atom. The van der Waals surface area contributed by atoms with E-state index < -0.39 is 6.04 Å². The summed E-state index contributed by atoms with van der Waals surface area (Å²) in [5.74, 6) is 0.131. The number of hydrogen-bond acceptors (Lipinski definition) is 3. The van der Waals surface area contributed by atoms with E-state index in [4.69, 9.17) is 4.74 Å². The molecule has 0 aliphatic carbocycles. The summed E-state index contributed by atoms with van der Waals surface area (Å²) in [5, 5.41) is 5.17. The predicted molar refractivity (Wildman–Crippen MR) is 164 cm³/mol. The van der Waals surface area contributed by atoms with E-state index in [0.717, 1.165) is 37.3 Å². The van der Waals surface area contributed by atoms with Gasteiger partial charge in [-0.05, 0) is 69.4 Å². The summed E-state index contributed by atoms with van der Waals surface area (Å²) in [5.41, 5.74) is 1.89. The number of nitrogens with one attached hydrogen (secondary N) is 1. The standard InChI is InChI=1S/C32H32Br2N2O3/c1-3-22(2)35-32(38)28(19-23-10-5-4-6-11-23)36(20-24-12-9-14-26(33)18-24)30(37)21-39-29-17-16-25-13-7-8-15-27(25)31(29)34/h4-18,22,28H,3,19-21H2,1-2H3,(H,35,38). The largest absolute Gasteiger partial charge is 0.483 e. The Morgan fingerprint density at radius 3 is 2.36 bits per heavy atom. The lowest BCUT2D eigenvalue weighted by Crippen LogP contribution is -2.53. The molecule has 0 fully saturated rings. The van der Waals surface area contributed by atoms with Crippen molar-refractivity contribution in [2.24, 2.45) is 0 Å². The lowest BCUT2D eigenvalue weighted by Gasteiger charge is -2.32. The van der Waals surface area contributed by atoms with Crippen molar-refractivity contribution in [3.8, 4) is 5.75 Å². The van der Waals surface area contributed by atoms with Crippen molar-refractivity contribution >= 4 is 54.4 Å². The van der Waals surface area contributed by atoms with Crippen molar-refractivity contribution < 1.29 is 14.3 Å². The summed E-state index contributed by atoms with van der Waals surface area (Å²) >= 11 is 7.17. The molecule has 0 aromatic heterocycles. The highest BCUT2D eigenvalue weighted by Gasteiger charge is 2.31. The third-order valence-corrected chi connectivity index (χ3v) is 8.00. The van der Waals surface area contributed by atoms with Crippen molar-refractivity contribution in [1.29, 1.82) is 0 Å². The third kappa shape index (κ3) is 7.70. The number of carbonyl (C=O) groups is 2. The normalized spacial score (nSPS) is 12.5. The molecule has 0 aliphatic heterocycles. The molecule has 1 N–H and O–H groups in total. The highest BCUT2D eigenvalue weighted by atomic mass is 79.9. The number of carbonyl (C=O) groups excluding carboxylic acids is 2. The van der Waals surface area contributed by atoms with Crippen LogP contribution in [0.25, 0.3) is 10.8 Å². The molecule has 2 amide bonds. The number of amides is 2. The number of halogens is 2. The van der Waals surface area contributed by atoms with Gasteiger partial charge in [0.05, 0.1) is 4.47 Å². The van der Waals surface area contributed by atoms with E-state index in [9.17, 15) is 9.59 Å². The highest BCUT2D eigenvalue weighted by Crippen LogP contribution is 2.33. The summed E-state index contributed by atoms with van der Waals surface area (Å²) in [6.07, 6.45) is 1.19. The van der Waals surface area contributed by atoms with E-state index in [1.165, 1.54) is 0 Å². The average Bonchev–Trinajstić information content (AvgIpc) is 2.95. The molecule has 0 saturated heterocycles. The zero-order chi connectivity index (χ0) is 27.8. The number of ether oxygens (including phenoxy) is 1. The summed E-state index contributed by atoms with van der Waals surface area (Å²) in [6.45, 7) is 4.06. The fraction of sp³-hybridized carbons (Fsp3) is 0.250. The molecule has 2 atom stereocenters. The summed E-state index contributed by atoms with van der Waals surface area (Å²) in [4.78, 5) is 29.1. The van der Waals surface area contributed by atoms with E-state index in [1.54, 1.807) is 4.90 Å². The first-order valence-corrected chi connectivity index (χ1v) is 14.6. The van der Waals surface area contributed by atoms with Crippen LogP contribution in [0.3, 0.4) is 0 Å². The van der Waals surface area contributed by atoms with Gasteiger partial charge >= 0.3 is 0 Å². The molecule has 4 aromatic carbocycles. The van der Waals surface area contributed by atoms with Gasteiger partial charge in [0.25, 0.3) is 5.91 Å². The second kappa shape index (κ2) is 13.8. The van der Waals surface area contributed by atoms with Gasteiger partial charge < -0.3 is 15.0 Å². The number of nitrogens with zero attached hydrogens (tertiary/aromatic N) is 1. The maximum atomic E-state index is 13.9. The maximum Gasteiger partial charge on any atom is 0.261 e. The highest BCUT2D eigenvalue weighted by molar-refractivity contribution is 9.11. The van der Waals surface area contributed by atoms with Crippen molar-refractivity contribution in [3.63, 3.8) is 0 Å². The molecule has 202 valence electrons. The molecule has 2 unspecified atom stereocenters. The Labute approximate surface area is 246 Å². The van der Waals surface area contributed by atoms with Gasteiger partial charge in [-0.1, -0.05) is 95.7 Å². The molecule has 0 aliphatic rings. The minimum absolute atomic E-state index is 0.0107. The smallest absolute Gasteiger partial charge is 0.261 e. The maximum absolute atomic E-state index is 13.9. The number of hydrogen-bond donors (Lipinski definition) is 1. The average molecular weight is 652 g/mol. The van der Waals surface area contributed by atoms with Gasteiger partial charge in [0.15, 0.2) is 6.61 Å². The Morgan fingerprint density at radius 1 is 0.897 bits per heavy atom. The van der Waals surface area contributed by atoms with Gasteiger partial charge in [0.2, 0.25) is 5.91 Å². The van der Waals surface area contributed by atoms with Gasteiger partial charge in [0, 0.05) is 23.5 Å². The van der Waals surface area contributed by atoms with E-state index in [2.05, 4.69) is 37.2 Å². The van der Waals surface area contributed by atoms with Crippen LogP contribution in [0, 0.1) is 0 Å². The van der Waals surface area contributed by atoms with Crippen LogP contribution in [0.5, 0.6) is 5.75 Å². The van der Waals surface area contributed by atoms with Crippen molar-refractivity contribution in [3.05, 3.63) is 111 Å². The van der Waals surface area contributed by atoms with Gasteiger partial charge in [0.1, 0.15) is 11.8 Å².